The average Bonchev–Trinajstić information content (AvgIpc) is 3.97. The van der Waals surface area contributed by atoms with Gasteiger partial charge < -0.3 is 13.9 Å². The number of benzene rings is 10. The Morgan fingerprint density at radius 2 is 1.03 bits per heavy atom. The number of para-hydroxylation sites is 2. The Hall–Kier alpha value is -8.40. The van der Waals surface area contributed by atoms with Gasteiger partial charge in [0.05, 0.1) is 27.8 Å². The fraction of sp³-hybridized carbons (Fsp3) is 0.0476. The highest BCUT2D eigenvalue weighted by atomic mass is 16.3. The third-order valence-electron chi connectivity index (χ3n) is 14.5. The zero-order valence-corrected chi connectivity index (χ0v) is 36.6. The maximum Gasteiger partial charge on any atom is 0.137 e. The van der Waals surface area contributed by atoms with Crippen LogP contribution < -0.4 is 4.90 Å². The standard InChI is InChI=1S/C63H42N2O/c1-63(2)54-22-11-8-19-47(54)48-33-32-44(38-55(48)63)64(58-24-14-26-60-61(58)50-21-10-13-25-59(50)66-60)43-30-27-40(28-31-43)42-36-52-46-18-7-6-17-45(46)51-35-41(39-15-4-3-5-16-39)29-34-57(51)65-56-23-12-9-20-49(56)53(37-42)62(52)65/h3-38H,1-2H3. The molecular formula is C63H42N2O. The van der Waals surface area contributed by atoms with Gasteiger partial charge in [-0.1, -0.05) is 159 Å². The number of hydrogen-bond donors (Lipinski definition) is 0. The second-order valence-electron chi connectivity index (χ2n) is 18.4. The predicted octanol–water partition coefficient (Wildman–Crippen LogP) is 17.4. The molecule has 10 aromatic carbocycles. The van der Waals surface area contributed by atoms with E-state index < -0.39 is 0 Å². The topological polar surface area (TPSA) is 21.3 Å². The Morgan fingerprint density at radius 1 is 0.394 bits per heavy atom. The van der Waals surface area contributed by atoms with E-state index in [0.29, 0.717) is 0 Å². The SMILES string of the molecule is CC1(C)c2ccccc2-c2ccc(N(c3ccc(-c4cc5c6c(c4)c4ccccc4n6-c4ccc(-c6ccccc6)cc4-c4ccccc4-5)cc3)c3cccc4oc5ccccc5c34)cc21. The highest BCUT2D eigenvalue weighted by Crippen LogP contribution is 2.53. The number of aromatic nitrogens is 1. The average molecular weight is 843 g/mol. The molecule has 12 aromatic rings. The van der Waals surface area contributed by atoms with Crippen LogP contribution in [0.3, 0.4) is 0 Å². The predicted molar refractivity (Wildman–Crippen MR) is 276 cm³/mol. The molecule has 0 amide bonds. The lowest BCUT2D eigenvalue weighted by Crippen LogP contribution is -2.16. The maximum absolute atomic E-state index is 6.49. The summed E-state index contributed by atoms with van der Waals surface area (Å²) in [5.74, 6) is 0. The molecule has 3 heterocycles. The van der Waals surface area contributed by atoms with Gasteiger partial charge >= 0.3 is 0 Å². The van der Waals surface area contributed by atoms with Gasteiger partial charge in [0.2, 0.25) is 0 Å². The van der Waals surface area contributed by atoms with Crippen molar-refractivity contribution < 1.29 is 4.42 Å². The number of hydrogen-bond acceptors (Lipinski definition) is 2. The Morgan fingerprint density at radius 3 is 1.88 bits per heavy atom. The molecule has 310 valence electrons. The Bertz CT molecular complexity index is 3960. The maximum atomic E-state index is 6.49. The highest BCUT2D eigenvalue weighted by Gasteiger charge is 2.36. The first kappa shape index (κ1) is 37.0. The van der Waals surface area contributed by atoms with E-state index in [1.54, 1.807) is 0 Å². The molecule has 0 radical (unpaired) electrons. The number of fused-ring (bicyclic) bond motifs is 14. The van der Waals surface area contributed by atoms with Crippen molar-refractivity contribution in [3.05, 3.63) is 230 Å². The van der Waals surface area contributed by atoms with Crippen molar-refractivity contribution >= 4 is 60.8 Å². The van der Waals surface area contributed by atoms with E-state index in [1.165, 1.54) is 88.7 Å². The van der Waals surface area contributed by atoms with Crippen LogP contribution in [0, 0.1) is 0 Å². The van der Waals surface area contributed by atoms with E-state index >= 15 is 0 Å². The molecule has 0 N–H and O–H groups in total. The molecule has 1 aliphatic heterocycles. The summed E-state index contributed by atoms with van der Waals surface area (Å²) in [5.41, 5.74) is 23.6. The largest absolute Gasteiger partial charge is 0.456 e. The Kier molecular flexibility index (Phi) is 7.74. The van der Waals surface area contributed by atoms with Crippen molar-refractivity contribution in [3.63, 3.8) is 0 Å². The van der Waals surface area contributed by atoms with E-state index in [2.05, 4.69) is 236 Å². The number of furan rings is 1. The molecule has 3 nitrogen and oxygen atoms in total. The summed E-state index contributed by atoms with van der Waals surface area (Å²) in [6, 6.07) is 80.3. The molecule has 66 heavy (non-hydrogen) atoms. The minimum Gasteiger partial charge on any atom is -0.456 e. The smallest absolute Gasteiger partial charge is 0.137 e. The van der Waals surface area contributed by atoms with E-state index in [9.17, 15) is 0 Å². The molecule has 14 rings (SSSR count). The normalized spacial score (nSPS) is 13.1. The molecule has 1 aliphatic carbocycles. The van der Waals surface area contributed by atoms with Crippen molar-refractivity contribution in [2.75, 3.05) is 4.90 Å². The lowest BCUT2D eigenvalue weighted by atomic mass is 9.82. The van der Waals surface area contributed by atoms with E-state index in [4.69, 9.17) is 4.42 Å². The third kappa shape index (κ3) is 5.26. The lowest BCUT2D eigenvalue weighted by Gasteiger charge is -2.28. The highest BCUT2D eigenvalue weighted by molar-refractivity contribution is 6.18. The summed E-state index contributed by atoms with van der Waals surface area (Å²) < 4.78 is 8.99. The van der Waals surface area contributed by atoms with Gasteiger partial charge in [-0.05, 0) is 128 Å². The fourth-order valence-corrected chi connectivity index (χ4v) is 11.4. The summed E-state index contributed by atoms with van der Waals surface area (Å²) in [7, 11) is 0. The van der Waals surface area contributed by atoms with Gasteiger partial charge in [0.25, 0.3) is 0 Å². The zero-order valence-electron chi connectivity index (χ0n) is 36.6. The van der Waals surface area contributed by atoms with E-state index in [0.717, 1.165) is 44.6 Å². The monoisotopic (exact) mass is 842 g/mol. The number of rotatable bonds is 5. The minimum absolute atomic E-state index is 0.142. The van der Waals surface area contributed by atoms with Crippen molar-refractivity contribution in [1.82, 2.24) is 4.57 Å². The van der Waals surface area contributed by atoms with Crippen LogP contribution in [-0.2, 0) is 5.41 Å². The van der Waals surface area contributed by atoms with Crippen LogP contribution in [0.1, 0.15) is 25.0 Å². The van der Waals surface area contributed by atoms with Crippen LogP contribution in [0.5, 0.6) is 0 Å². The zero-order chi connectivity index (χ0) is 43.7. The first-order valence-corrected chi connectivity index (χ1v) is 22.9. The molecule has 0 atom stereocenters. The molecule has 2 aliphatic rings. The molecule has 0 saturated carbocycles. The minimum atomic E-state index is -0.142. The first-order valence-electron chi connectivity index (χ1n) is 22.9. The summed E-state index contributed by atoms with van der Waals surface area (Å²) in [6.07, 6.45) is 0. The van der Waals surface area contributed by atoms with Gasteiger partial charge in [0, 0.05) is 44.1 Å². The van der Waals surface area contributed by atoms with Crippen molar-refractivity contribution in [2.24, 2.45) is 0 Å². The summed E-state index contributed by atoms with van der Waals surface area (Å²) in [5, 5.41) is 4.71. The Labute approximate surface area is 383 Å². The summed E-state index contributed by atoms with van der Waals surface area (Å²) in [6.45, 7) is 4.71. The van der Waals surface area contributed by atoms with Crippen molar-refractivity contribution in [3.8, 4) is 61.3 Å². The third-order valence-corrected chi connectivity index (χ3v) is 14.5. The quantitative estimate of drug-likeness (QED) is 0.172. The summed E-state index contributed by atoms with van der Waals surface area (Å²) in [4.78, 5) is 2.43. The van der Waals surface area contributed by atoms with Crippen LogP contribution >= 0.6 is 0 Å². The molecule has 2 aromatic heterocycles. The molecule has 0 fully saturated rings. The van der Waals surface area contributed by atoms with Crippen LogP contribution in [0.25, 0.3) is 105 Å². The summed E-state index contributed by atoms with van der Waals surface area (Å²) >= 11 is 0. The van der Waals surface area contributed by atoms with Crippen LogP contribution in [0.15, 0.2) is 223 Å². The van der Waals surface area contributed by atoms with Crippen LogP contribution in [0.2, 0.25) is 0 Å². The molecule has 0 saturated heterocycles. The first-order chi connectivity index (χ1) is 32.5. The van der Waals surface area contributed by atoms with E-state index in [-0.39, 0.29) is 5.41 Å². The molecule has 3 heteroatoms. The second kappa shape index (κ2) is 13.8. The van der Waals surface area contributed by atoms with Crippen LogP contribution in [-0.4, -0.2) is 4.57 Å². The lowest BCUT2D eigenvalue weighted by molar-refractivity contribution is 0.660. The van der Waals surface area contributed by atoms with Gasteiger partial charge in [-0.25, -0.2) is 0 Å². The van der Waals surface area contributed by atoms with E-state index in [1.807, 2.05) is 6.07 Å². The van der Waals surface area contributed by atoms with Crippen LogP contribution in [0.4, 0.5) is 17.1 Å². The van der Waals surface area contributed by atoms with Crippen molar-refractivity contribution in [1.29, 1.82) is 0 Å². The molecular weight excluding hydrogens is 801 g/mol. The Balaban J connectivity index is 0.958. The van der Waals surface area contributed by atoms with Gasteiger partial charge in [-0.15, -0.1) is 0 Å². The fourth-order valence-electron chi connectivity index (χ4n) is 11.4. The van der Waals surface area contributed by atoms with Gasteiger partial charge in [0.1, 0.15) is 11.2 Å². The second-order valence-corrected chi connectivity index (χ2v) is 18.4. The number of nitrogens with zero attached hydrogens (tertiary/aromatic N) is 2. The van der Waals surface area contributed by atoms with Gasteiger partial charge in [-0.3, -0.25) is 0 Å². The van der Waals surface area contributed by atoms with Crippen molar-refractivity contribution in [2.45, 2.75) is 19.3 Å². The molecule has 0 spiro atoms. The number of anilines is 3. The van der Waals surface area contributed by atoms with Gasteiger partial charge in [-0.2, -0.15) is 0 Å². The van der Waals surface area contributed by atoms with Gasteiger partial charge in [0.15, 0.2) is 0 Å². The molecule has 0 unspecified atom stereocenters. The molecule has 0 bridgehead atoms.